The maximum atomic E-state index is 11.0. The number of nitrogens with one attached hydrogen (secondary N) is 1. The Balaban J connectivity index is 2.22. The van der Waals surface area contributed by atoms with Crippen molar-refractivity contribution in [2.45, 2.75) is 37.6 Å². The van der Waals surface area contributed by atoms with Gasteiger partial charge in [-0.1, -0.05) is 12.8 Å². The fourth-order valence-electron chi connectivity index (χ4n) is 2.66. The van der Waals surface area contributed by atoms with Gasteiger partial charge < -0.3 is 10.4 Å². The Morgan fingerprint density at radius 1 is 1.47 bits per heavy atom. The van der Waals surface area contributed by atoms with Gasteiger partial charge in [0.2, 0.25) is 0 Å². The SMILES string of the molecule is N#Cc1ccc(NC2(CC(=O)O)CCCC2)c(Br)c1. The van der Waals surface area contributed by atoms with E-state index >= 15 is 0 Å². The van der Waals surface area contributed by atoms with Gasteiger partial charge in [-0.25, -0.2) is 0 Å². The van der Waals surface area contributed by atoms with Crippen LogP contribution in [0.25, 0.3) is 0 Å². The minimum Gasteiger partial charge on any atom is -0.481 e. The second-order valence-corrected chi connectivity index (χ2v) is 5.84. The fraction of sp³-hybridized carbons (Fsp3) is 0.429. The van der Waals surface area contributed by atoms with E-state index in [2.05, 4.69) is 27.3 Å². The highest BCUT2D eigenvalue weighted by atomic mass is 79.9. The molecule has 1 aromatic rings. The minimum atomic E-state index is -0.779. The number of carbonyl (C=O) groups is 1. The number of hydrogen-bond donors (Lipinski definition) is 2. The van der Waals surface area contributed by atoms with Crippen molar-refractivity contribution in [1.82, 2.24) is 0 Å². The van der Waals surface area contributed by atoms with Gasteiger partial charge in [-0.15, -0.1) is 0 Å². The Morgan fingerprint density at radius 2 is 2.16 bits per heavy atom. The van der Waals surface area contributed by atoms with Crippen LogP contribution in [0.4, 0.5) is 5.69 Å². The molecule has 0 unspecified atom stereocenters. The molecule has 5 heteroatoms. The summed E-state index contributed by atoms with van der Waals surface area (Å²) in [4.78, 5) is 11.0. The average Bonchev–Trinajstić information content (AvgIpc) is 2.79. The van der Waals surface area contributed by atoms with Gasteiger partial charge in [0.25, 0.3) is 0 Å². The first-order chi connectivity index (χ1) is 9.04. The molecule has 1 aliphatic carbocycles. The molecule has 0 bridgehead atoms. The predicted octanol–water partition coefficient (Wildman–Crippen LogP) is 3.52. The molecule has 1 fully saturated rings. The van der Waals surface area contributed by atoms with Crippen LogP contribution in [0.1, 0.15) is 37.7 Å². The van der Waals surface area contributed by atoms with Crippen LogP contribution in [0.3, 0.4) is 0 Å². The van der Waals surface area contributed by atoms with Crippen molar-refractivity contribution in [2.75, 3.05) is 5.32 Å². The average molecular weight is 323 g/mol. The summed E-state index contributed by atoms with van der Waals surface area (Å²) in [6.45, 7) is 0. The first kappa shape index (κ1) is 13.9. The number of carboxylic acid groups (broad SMARTS) is 1. The molecule has 0 radical (unpaired) electrons. The third kappa shape index (κ3) is 3.27. The number of aliphatic carboxylic acids is 1. The number of anilines is 1. The minimum absolute atomic E-state index is 0.124. The van der Waals surface area contributed by atoms with Crippen LogP contribution < -0.4 is 5.32 Å². The molecule has 0 spiro atoms. The molecule has 2 N–H and O–H groups in total. The lowest BCUT2D eigenvalue weighted by Gasteiger charge is -2.30. The second kappa shape index (κ2) is 5.62. The van der Waals surface area contributed by atoms with Crippen molar-refractivity contribution in [3.8, 4) is 6.07 Å². The van der Waals surface area contributed by atoms with Crippen LogP contribution in [0, 0.1) is 11.3 Å². The van der Waals surface area contributed by atoms with Gasteiger partial charge in [0.1, 0.15) is 0 Å². The maximum Gasteiger partial charge on any atom is 0.305 e. The van der Waals surface area contributed by atoms with Crippen molar-refractivity contribution in [2.24, 2.45) is 0 Å². The van der Waals surface area contributed by atoms with Crippen molar-refractivity contribution < 1.29 is 9.90 Å². The molecule has 19 heavy (non-hydrogen) atoms. The Labute approximate surface area is 120 Å². The van der Waals surface area contributed by atoms with Gasteiger partial charge >= 0.3 is 5.97 Å². The van der Waals surface area contributed by atoms with Crippen molar-refractivity contribution >= 4 is 27.6 Å². The summed E-state index contributed by atoms with van der Waals surface area (Å²) in [5.41, 5.74) is 1.07. The largest absolute Gasteiger partial charge is 0.481 e. The molecule has 0 saturated heterocycles. The lowest BCUT2D eigenvalue weighted by atomic mass is 9.92. The lowest BCUT2D eigenvalue weighted by Crippen LogP contribution is -2.37. The van der Waals surface area contributed by atoms with Crippen LogP contribution in [-0.4, -0.2) is 16.6 Å². The third-order valence-electron chi connectivity index (χ3n) is 3.55. The number of rotatable bonds is 4. The first-order valence-electron chi connectivity index (χ1n) is 6.24. The summed E-state index contributed by atoms with van der Waals surface area (Å²) in [5, 5.41) is 21.3. The van der Waals surface area contributed by atoms with Crippen LogP contribution in [0.2, 0.25) is 0 Å². The van der Waals surface area contributed by atoms with Gasteiger partial charge in [-0.2, -0.15) is 5.26 Å². The monoisotopic (exact) mass is 322 g/mol. The number of nitrogens with zero attached hydrogens (tertiary/aromatic N) is 1. The standard InChI is InChI=1S/C14H15BrN2O2/c15-11-7-10(9-16)3-4-12(11)17-14(8-13(18)19)5-1-2-6-14/h3-4,7,17H,1-2,5-6,8H2,(H,18,19). The number of halogens is 1. The molecule has 2 rings (SSSR count). The molecule has 0 heterocycles. The topological polar surface area (TPSA) is 73.1 Å². The Bertz CT molecular complexity index is 531. The molecule has 100 valence electrons. The number of carboxylic acids is 1. The molecule has 1 aromatic carbocycles. The number of benzene rings is 1. The van der Waals surface area contributed by atoms with Gasteiger partial charge in [-0.05, 0) is 47.0 Å². The highest BCUT2D eigenvalue weighted by molar-refractivity contribution is 9.10. The maximum absolute atomic E-state index is 11.0. The van der Waals surface area contributed by atoms with Gasteiger partial charge in [0.15, 0.2) is 0 Å². The quantitative estimate of drug-likeness (QED) is 0.889. The van der Waals surface area contributed by atoms with Crippen molar-refractivity contribution in [1.29, 1.82) is 5.26 Å². The molecular weight excluding hydrogens is 308 g/mol. The number of hydrogen-bond acceptors (Lipinski definition) is 3. The third-order valence-corrected chi connectivity index (χ3v) is 4.20. The van der Waals surface area contributed by atoms with Crippen molar-refractivity contribution in [3.63, 3.8) is 0 Å². The van der Waals surface area contributed by atoms with Gasteiger partial charge in [0, 0.05) is 15.7 Å². The molecule has 0 atom stereocenters. The Morgan fingerprint density at radius 3 is 2.68 bits per heavy atom. The van der Waals surface area contributed by atoms with Crippen LogP contribution in [-0.2, 0) is 4.79 Å². The molecule has 1 aliphatic rings. The van der Waals surface area contributed by atoms with Crippen molar-refractivity contribution in [3.05, 3.63) is 28.2 Å². The van der Waals surface area contributed by atoms with E-state index in [1.165, 1.54) is 0 Å². The zero-order valence-corrected chi connectivity index (χ0v) is 12.0. The van der Waals surface area contributed by atoms with Gasteiger partial charge in [0.05, 0.1) is 18.1 Å². The summed E-state index contributed by atoms with van der Waals surface area (Å²) in [5.74, 6) is -0.779. The molecule has 4 nitrogen and oxygen atoms in total. The summed E-state index contributed by atoms with van der Waals surface area (Å²) >= 11 is 3.42. The second-order valence-electron chi connectivity index (χ2n) is 4.99. The van der Waals surface area contributed by atoms with E-state index in [0.29, 0.717) is 5.56 Å². The molecule has 1 saturated carbocycles. The zero-order chi connectivity index (χ0) is 13.9. The lowest BCUT2D eigenvalue weighted by molar-refractivity contribution is -0.138. The predicted molar refractivity (Wildman–Crippen MR) is 75.9 cm³/mol. The summed E-state index contributed by atoms with van der Waals surface area (Å²) in [6, 6.07) is 7.38. The van der Waals surface area contributed by atoms with E-state index in [1.54, 1.807) is 12.1 Å². The molecule has 0 amide bonds. The van der Waals surface area contributed by atoms with E-state index in [-0.39, 0.29) is 12.0 Å². The van der Waals surface area contributed by atoms with E-state index < -0.39 is 5.97 Å². The summed E-state index contributed by atoms with van der Waals surface area (Å²) in [7, 11) is 0. The van der Waals surface area contributed by atoms with E-state index in [1.807, 2.05) is 6.07 Å². The zero-order valence-electron chi connectivity index (χ0n) is 10.4. The van der Waals surface area contributed by atoms with Crippen LogP contribution in [0.5, 0.6) is 0 Å². The molecular formula is C14H15BrN2O2. The van der Waals surface area contributed by atoms with E-state index in [9.17, 15) is 4.79 Å². The van der Waals surface area contributed by atoms with Crippen LogP contribution >= 0.6 is 15.9 Å². The van der Waals surface area contributed by atoms with E-state index in [0.717, 1.165) is 35.8 Å². The highest BCUT2D eigenvalue weighted by Gasteiger charge is 2.36. The van der Waals surface area contributed by atoms with Gasteiger partial charge in [-0.3, -0.25) is 4.79 Å². The smallest absolute Gasteiger partial charge is 0.305 e. The fourth-order valence-corrected chi connectivity index (χ4v) is 3.14. The normalized spacial score (nSPS) is 16.8. The Hall–Kier alpha value is -1.54. The Kier molecular flexibility index (Phi) is 4.11. The highest BCUT2D eigenvalue weighted by Crippen LogP contribution is 2.37. The molecule has 0 aliphatic heterocycles. The number of nitriles is 1. The van der Waals surface area contributed by atoms with E-state index in [4.69, 9.17) is 10.4 Å². The summed E-state index contributed by atoms with van der Waals surface area (Å²) < 4.78 is 0.795. The first-order valence-corrected chi connectivity index (χ1v) is 7.04. The van der Waals surface area contributed by atoms with Crippen LogP contribution in [0.15, 0.2) is 22.7 Å². The summed E-state index contributed by atoms with van der Waals surface area (Å²) in [6.07, 6.45) is 3.96. The molecule has 0 aromatic heterocycles.